The van der Waals surface area contributed by atoms with E-state index in [1.807, 2.05) is 49.4 Å². The molecule has 22 heavy (non-hydrogen) atoms. The second kappa shape index (κ2) is 7.99. The molecule has 4 heteroatoms. The molecule has 0 saturated carbocycles. The monoisotopic (exact) mass is 360 g/mol. The van der Waals surface area contributed by atoms with Gasteiger partial charge in [0, 0.05) is 10.2 Å². The van der Waals surface area contributed by atoms with Crippen molar-refractivity contribution in [2.75, 3.05) is 11.9 Å². The summed E-state index contributed by atoms with van der Waals surface area (Å²) in [4.78, 5) is 12.1. The summed E-state index contributed by atoms with van der Waals surface area (Å²) in [5.74, 6) is -0.0127. The number of carbonyl (C=O) groups excluding carboxylic acids is 1. The Hall–Kier alpha value is -1.81. The van der Waals surface area contributed by atoms with Crippen molar-refractivity contribution in [1.29, 1.82) is 0 Å². The average molecular weight is 361 g/mol. The van der Waals surface area contributed by atoms with Gasteiger partial charge in [0.25, 0.3) is 0 Å². The normalized spacial score (nSPS) is 11.8. The Bertz CT molecular complexity index is 625. The maximum atomic E-state index is 12.1. The number of aryl methyl sites for hydroxylation is 1. The van der Waals surface area contributed by atoms with Gasteiger partial charge >= 0.3 is 0 Å². The molecule has 0 aliphatic carbocycles. The van der Waals surface area contributed by atoms with Crippen LogP contribution in [0.1, 0.15) is 31.0 Å². The highest BCUT2D eigenvalue weighted by atomic mass is 79.9. The molecule has 2 N–H and O–H groups in total. The maximum absolute atomic E-state index is 12.1. The lowest BCUT2D eigenvalue weighted by molar-refractivity contribution is -0.120. The first-order chi connectivity index (χ1) is 10.6. The first-order valence-corrected chi connectivity index (χ1v) is 8.26. The van der Waals surface area contributed by atoms with E-state index in [1.54, 1.807) is 0 Å². The number of hydrogen-bond acceptors (Lipinski definition) is 2. The van der Waals surface area contributed by atoms with Gasteiger partial charge in [0.15, 0.2) is 0 Å². The van der Waals surface area contributed by atoms with Crippen LogP contribution in [0.15, 0.2) is 53.0 Å². The van der Waals surface area contributed by atoms with E-state index in [-0.39, 0.29) is 18.5 Å². The predicted octanol–water partition coefficient (Wildman–Crippen LogP) is 4.30. The lowest BCUT2D eigenvalue weighted by atomic mass is 10.1. The van der Waals surface area contributed by atoms with Crippen molar-refractivity contribution in [3.05, 3.63) is 64.1 Å². The Kier molecular flexibility index (Phi) is 6.01. The number of rotatable bonds is 6. The molecule has 1 atom stereocenters. The highest BCUT2D eigenvalue weighted by molar-refractivity contribution is 9.10. The Balaban J connectivity index is 1.88. The summed E-state index contributed by atoms with van der Waals surface area (Å²) < 4.78 is 1.03. The van der Waals surface area contributed by atoms with Gasteiger partial charge in [0.1, 0.15) is 0 Å². The summed E-state index contributed by atoms with van der Waals surface area (Å²) in [6.45, 7) is 4.37. The Morgan fingerprint density at radius 2 is 1.82 bits per heavy atom. The summed E-state index contributed by atoms with van der Waals surface area (Å²) >= 11 is 3.41. The van der Waals surface area contributed by atoms with Crippen LogP contribution in [0.3, 0.4) is 0 Å². The number of carbonyl (C=O) groups is 1. The molecular formula is C18H21BrN2O. The molecule has 2 rings (SSSR count). The quantitative estimate of drug-likeness (QED) is 0.806. The van der Waals surface area contributed by atoms with E-state index in [4.69, 9.17) is 0 Å². The Labute approximate surface area is 140 Å². The summed E-state index contributed by atoms with van der Waals surface area (Å²) in [5.41, 5.74) is 3.33. The second-order valence-corrected chi connectivity index (χ2v) is 6.12. The van der Waals surface area contributed by atoms with E-state index >= 15 is 0 Å². The number of anilines is 1. The Morgan fingerprint density at radius 3 is 2.50 bits per heavy atom. The van der Waals surface area contributed by atoms with Crippen molar-refractivity contribution in [3.63, 3.8) is 0 Å². The molecule has 116 valence electrons. The van der Waals surface area contributed by atoms with Gasteiger partial charge in [-0.25, -0.2) is 0 Å². The van der Waals surface area contributed by atoms with E-state index in [1.165, 1.54) is 5.56 Å². The average Bonchev–Trinajstić information content (AvgIpc) is 2.53. The number of halogens is 1. The van der Waals surface area contributed by atoms with Crippen LogP contribution >= 0.6 is 15.9 Å². The smallest absolute Gasteiger partial charge is 0.239 e. The third-order valence-electron chi connectivity index (χ3n) is 3.59. The number of para-hydroxylation sites is 1. The number of amides is 1. The molecule has 3 nitrogen and oxygen atoms in total. The van der Waals surface area contributed by atoms with Crippen molar-refractivity contribution in [1.82, 2.24) is 5.32 Å². The predicted molar refractivity (Wildman–Crippen MR) is 95.0 cm³/mol. The van der Waals surface area contributed by atoms with Crippen LogP contribution in [0.4, 0.5) is 5.69 Å². The standard InChI is InChI=1S/C18H21BrN2O/c1-3-14-6-4-5-7-17(14)20-12-18(22)21-13(2)15-8-10-16(19)11-9-15/h4-11,13,20H,3,12H2,1-2H3,(H,21,22). The van der Waals surface area contributed by atoms with Gasteiger partial charge in [-0.2, -0.15) is 0 Å². The van der Waals surface area contributed by atoms with E-state index < -0.39 is 0 Å². The van der Waals surface area contributed by atoms with Crippen LogP contribution in [0.2, 0.25) is 0 Å². The summed E-state index contributed by atoms with van der Waals surface area (Å²) in [5, 5.41) is 6.22. The fourth-order valence-corrected chi connectivity index (χ4v) is 2.57. The molecule has 0 aromatic heterocycles. The fraction of sp³-hybridized carbons (Fsp3) is 0.278. The third-order valence-corrected chi connectivity index (χ3v) is 4.11. The molecule has 0 fully saturated rings. The summed E-state index contributed by atoms with van der Waals surface area (Å²) in [7, 11) is 0. The van der Waals surface area contributed by atoms with Crippen LogP contribution in [-0.4, -0.2) is 12.5 Å². The van der Waals surface area contributed by atoms with Crippen molar-refractivity contribution < 1.29 is 4.79 Å². The maximum Gasteiger partial charge on any atom is 0.239 e. The minimum Gasteiger partial charge on any atom is -0.376 e. The van der Waals surface area contributed by atoms with E-state index in [2.05, 4.69) is 39.6 Å². The van der Waals surface area contributed by atoms with Gasteiger partial charge in [-0.1, -0.05) is 53.2 Å². The van der Waals surface area contributed by atoms with Gasteiger partial charge in [-0.05, 0) is 42.7 Å². The van der Waals surface area contributed by atoms with Crippen LogP contribution in [0, 0.1) is 0 Å². The zero-order valence-corrected chi connectivity index (χ0v) is 14.5. The summed E-state index contributed by atoms with van der Waals surface area (Å²) in [6.07, 6.45) is 0.945. The molecule has 0 bridgehead atoms. The van der Waals surface area contributed by atoms with Gasteiger partial charge in [0.05, 0.1) is 12.6 Å². The largest absolute Gasteiger partial charge is 0.376 e. The van der Waals surface area contributed by atoms with Crippen molar-refractivity contribution in [3.8, 4) is 0 Å². The van der Waals surface area contributed by atoms with Crippen LogP contribution in [-0.2, 0) is 11.2 Å². The van der Waals surface area contributed by atoms with Gasteiger partial charge < -0.3 is 10.6 Å². The molecule has 1 unspecified atom stereocenters. The van der Waals surface area contributed by atoms with Crippen LogP contribution < -0.4 is 10.6 Å². The highest BCUT2D eigenvalue weighted by Gasteiger charge is 2.09. The molecule has 2 aromatic carbocycles. The first-order valence-electron chi connectivity index (χ1n) is 7.46. The zero-order valence-electron chi connectivity index (χ0n) is 12.9. The second-order valence-electron chi connectivity index (χ2n) is 5.21. The molecule has 0 aliphatic rings. The van der Waals surface area contributed by atoms with Crippen LogP contribution in [0.25, 0.3) is 0 Å². The van der Waals surface area contributed by atoms with E-state index in [0.29, 0.717) is 0 Å². The minimum atomic E-state index is -0.0127. The van der Waals surface area contributed by atoms with E-state index in [0.717, 1.165) is 22.1 Å². The molecule has 1 amide bonds. The topological polar surface area (TPSA) is 41.1 Å². The van der Waals surface area contributed by atoms with E-state index in [9.17, 15) is 4.79 Å². The minimum absolute atomic E-state index is 0.0104. The van der Waals surface area contributed by atoms with Crippen molar-refractivity contribution in [2.24, 2.45) is 0 Å². The first kappa shape index (κ1) is 16.6. The molecular weight excluding hydrogens is 340 g/mol. The molecule has 2 aromatic rings. The number of hydrogen-bond donors (Lipinski definition) is 2. The van der Waals surface area contributed by atoms with Crippen molar-refractivity contribution >= 4 is 27.5 Å². The summed E-state index contributed by atoms with van der Waals surface area (Å²) in [6, 6.07) is 16.0. The zero-order chi connectivity index (χ0) is 15.9. The number of nitrogens with one attached hydrogen (secondary N) is 2. The molecule has 0 spiro atoms. The lowest BCUT2D eigenvalue weighted by Crippen LogP contribution is -2.32. The van der Waals surface area contributed by atoms with Gasteiger partial charge in [-0.15, -0.1) is 0 Å². The molecule has 0 saturated heterocycles. The lowest BCUT2D eigenvalue weighted by Gasteiger charge is -2.16. The molecule has 0 radical (unpaired) electrons. The van der Waals surface area contributed by atoms with Crippen LogP contribution in [0.5, 0.6) is 0 Å². The molecule has 0 aliphatic heterocycles. The molecule has 0 heterocycles. The van der Waals surface area contributed by atoms with Gasteiger partial charge in [0.2, 0.25) is 5.91 Å². The van der Waals surface area contributed by atoms with Crippen molar-refractivity contribution in [2.45, 2.75) is 26.3 Å². The van der Waals surface area contributed by atoms with Gasteiger partial charge in [-0.3, -0.25) is 4.79 Å². The third kappa shape index (κ3) is 4.60. The highest BCUT2D eigenvalue weighted by Crippen LogP contribution is 2.17. The number of benzene rings is 2. The SMILES string of the molecule is CCc1ccccc1NCC(=O)NC(C)c1ccc(Br)cc1. The fourth-order valence-electron chi connectivity index (χ4n) is 2.30. The Morgan fingerprint density at radius 1 is 1.14 bits per heavy atom.